The summed E-state index contributed by atoms with van der Waals surface area (Å²) in [7, 11) is 0. The second-order valence-corrected chi connectivity index (χ2v) is 9.10. The van der Waals surface area contributed by atoms with E-state index in [1.165, 1.54) is 0 Å². The van der Waals surface area contributed by atoms with Crippen molar-refractivity contribution in [3.8, 4) is 0 Å². The fourth-order valence-electron chi connectivity index (χ4n) is 3.86. The summed E-state index contributed by atoms with van der Waals surface area (Å²) in [5.74, 6) is -0.237. The van der Waals surface area contributed by atoms with Crippen molar-refractivity contribution in [3.05, 3.63) is 64.0 Å². The van der Waals surface area contributed by atoms with E-state index in [0.717, 1.165) is 33.8 Å². The topological polar surface area (TPSA) is 125 Å². The molecule has 0 aromatic carbocycles. The number of rotatable bonds is 9. The van der Waals surface area contributed by atoms with Gasteiger partial charge in [-0.1, -0.05) is 20.8 Å². The first-order valence-corrected chi connectivity index (χ1v) is 12.1. The predicted octanol–water partition coefficient (Wildman–Crippen LogP) is 4.43. The molecule has 9 nitrogen and oxygen atoms in total. The fourth-order valence-corrected chi connectivity index (χ4v) is 3.86. The Balaban J connectivity index is 1.87. The molecule has 0 aliphatic carbocycles. The zero-order valence-corrected chi connectivity index (χ0v) is 22.0. The minimum Gasteiger partial charge on any atom is -0.324 e. The highest BCUT2D eigenvalue weighted by molar-refractivity contribution is 6.05. The van der Waals surface area contributed by atoms with Gasteiger partial charge in [0.05, 0.1) is 41.1 Å². The van der Waals surface area contributed by atoms with E-state index >= 15 is 0 Å². The van der Waals surface area contributed by atoms with E-state index in [-0.39, 0.29) is 24.3 Å². The van der Waals surface area contributed by atoms with Gasteiger partial charge in [0.25, 0.3) is 5.91 Å². The number of hydrogen-bond donors (Lipinski definition) is 4. The maximum absolute atomic E-state index is 13.1. The highest BCUT2D eigenvalue weighted by Gasteiger charge is 2.17. The molecule has 0 atom stereocenters. The molecule has 0 radical (unpaired) electrons. The molecule has 3 aromatic rings. The van der Waals surface area contributed by atoms with Crippen molar-refractivity contribution in [1.29, 1.82) is 0 Å². The van der Waals surface area contributed by atoms with Crippen LogP contribution in [-0.2, 0) is 4.79 Å². The van der Waals surface area contributed by atoms with E-state index in [2.05, 4.69) is 56.0 Å². The number of aryl methyl sites for hydroxylation is 4. The number of carbonyl (C=O) groups is 2. The van der Waals surface area contributed by atoms with Gasteiger partial charge in [-0.2, -0.15) is 5.10 Å². The molecule has 0 spiro atoms. The molecule has 0 aliphatic heterocycles. The average Bonchev–Trinajstić information content (AvgIpc) is 3.16. The molecule has 3 rings (SSSR count). The summed E-state index contributed by atoms with van der Waals surface area (Å²) >= 11 is 0. The van der Waals surface area contributed by atoms with Gasteiger partial charge in [0, 0.05) is 23.1 Å². The van der Waals surface area contributed by atoms with Crippen molar-refractivity contribution in [1.82, 2.24) is 25.5 Å². The van der Waals surface area contributed by atoms with Gasteiger partial charge in [0.2, 0.25) is 5.91 Å². The third-order valence-corrected chi connectivity index (χ3v) is 5.89. The number of aromatic nitrogens is 4. The number of nitrogens with zero attached hydrogens (tertiary/aromatic N) is 3. The Morgan fingerprint density at radius 1 is 1.00 bits per heavy atom. The first-order chi connectivity index (χ1) is 17.1. The van der Waals surface area contributed by atoms with Crippen LogP contribution in [0.3, 0.4) is 0 Å². The van der Waals surface area contributed by atoms with Crippen LogP contribution in [0.2, 0.25) is 0 Å². The van der Waals surface area contributed by atoms with Crippen LogP contribution in [0.1, 0.15) is 65.0 Å². The van der Waals surface area contributed by atoms with Crippen LogP contribution in [0.5, 0.6) is 0 Å². The first kappa shape index (κ1) is 26.7. The van der Waals surface area contributed by atoms with Crippen molar-refractivity contribution in [3.63, 3.8) is 0 Å². The number of anilines is 2. The molecule has 3 aromatic heterocycles. The summed E-state index contributed by atoms with van der Waals surface area (Å²) in [4.78, 5) is 34.0. The van der Waals surface area contributed by atoms with E-state index in [1.54, 1.807) is 25.4 Å². The molecule has 0 unspecified atom stereocenters. The minimum absolute atomic E-state index is 0.178. The number of aromatic amines is 1. The summed E-state index contributed by atoms with van der Waals surface area (Å²) in [5.41, 5.74) is 7.95. The highest BCUT2D eigenvalue weighted by atomic mass is 16.2. The summed E-state index contributed by atoms with van der Waals surface area (Å²) in [6, 6.07) is 3.55. The predicted molar refractivity (Wildman–Crippen MR) is 144 cm³/mol. The molecule has 0 bridgehead atoms. The number of H-pyrrole nitrogens is 1. The lowest BCUT2D eigenvalue weighted by Crippen LogP contribution is -2.27. The molecule has 0 saturated carbocycles. The number of amides is 2. The third-order valence-electron chi connectivity index (χ3n) is 5.89. The monoisotopic (exact) mass is 489 g/mol. The molecule has 0 fully saturated rings. The summed E-state index contributed by atoms with van der Waals surface area (Å²) in [6.07, 6.45) is 5.22. The van der Waals surface area contributed by atoms with E-state index in [9.17, 15) is 9.59 Å². The molecular formula is C27H35N7O2. The molecule has 190 valence electrons. The van der Waals surface area contributed by atoms with Gasteiger partial charge < -0.3 is 16.0 Å². The van der Waals surface area contributed by atoms with Crippen LogP contribution in [0.25, 0.3) is 11.6 Å². The second kappa shape index (κ2) is 11.7. The average molecular weight is 490 g/mol. The summed E-state index contributed by atoms with van der Waals surface area (Å²) < 4.78 is 0. The van der Waals surface area contributed by atoms with Gasteiger partial charge in [-0.15, -0.1) is 0 Å². The number of hydrogen-bond acceptors (Lipinski definition) is 6. The van der Waals surface area contributed by atoms with Crippen LogP contribution < -0.4 is 16.0 Å². The van der Waals surface area contributed by atoms with Crippen LogP contribution in [0, 0.1) is 33.6 Å². The lowest BCUT2D eigenvalue weighted by molar-refractivity contribution is -0.115. The molecular weight excluding hydrogens is 454 g/mol. The Morgan fingerprint density at radius 2 is 1.72 bits per heavy atom. The van der Waals surface area contributed by atoms with Gasteiger partial charge in [-0.05, 0) is 69.5 Å². The van der Waals surface area contributed by atoms with Crippen LogP contribution in [-0.4, -0.2) is 45.1 Å². The van der Waals surface area contributed by atoms with Gasteiger partial charge in [-0.25, -0.2) is 0 Å². The second-order valence-electron chi connectivity index (χ2n) is 9.10. The molecule has 4 N–H and O–H groups in total. The number of allylic oxidation sites excluding steroid dienone is 1. The fraction of sp³-hybridized carbons (Fsp3) is 0.370. The molecule has 0 saturated heterocycles. The van der Waals surface area contributed by atoms with E-state index in [1.807, 2.05) is 33.8 Å². The Labute approximate surface area is 212 Å². The third kappa shape index (κ3) is 6.42. The van der Waals surface area contributed by atoms with E-state index in [4.69, 9.17) is 0 Å². The maximum atomic E-state index is 13.1. The maximum Gasteiger partial charge on any atom is 0.257 e. The van der Waals surface area contributed by atoms with Gasteiger partial charge in [0.1, 0.15) is 0 Å². The van der Waals surface area contributed by atoms with Crippen molar-refractivity contribution in [2.24, 2.45) is 5.92 Å². The number of carbonyl (C=O) groups excluding carboxylic acids is 2. The number of pyridine rings is 2. The summed E-state index contributed by atoms with van der Waals surface area (Å²) in [5, 5.41) is 16.1. The van der Waals surface area contributed by atoms with Crippen molar-refractivity contribution in [2.45, 2.75) is 48.5 Å². The lowest BCUT2D eigenvalue weighted by Gasteiger charge is -2.14. The lowest BCUT2D eigenvalue weighted by atomic mass is 9.91. The first-order valence-electron chi connectivity index (χ1n) is 12.1. The zero-order chi connectivity index (χ0) is 26.4. The van der Waals surface area contributed by atoms with Crippen LogP contribution >= 0.6 is 0 Å². The van der Waals surface area contributed by atoms with Crippen LogP contribution in [0.15, 0.2) is 24.5 Å². The van der Waals surface area contributed by atoms with Crippen molar-refractivity contribution >= 4 is 34.8 Å². The standard InChI is InChI=1S/C27H35N7O2/c1-8-28-14-25(35)31-22-11-24(17(5)30-13-22)32-27(36)21-9-20(16(4)29-12-21)10-23(15(2)3)26-18(6)33-34-19(26)7/h9-13,15,28H,8,14H2,1-7H3,(H,31,35)(H,32,36)(H,33,34)/b23-10+. The highest BCUT2D eigenvalue weighted by Crippen LogP contribution is 2.30. The smallest absolute Gasteiger partial charge is 0.257 e. The quantitative estimate of drug-likeness (QED) is 0.352. The molecule has 3 heterocycles. The Morgan fingerprint density at radius 3 is 2.36 bits per heavy atom. The normalized spacial score (nSPS) is 11.6. The van der Waals surface area contributed by atoms with Gasteiger partial charge >= 0.3 is 0 Å². The van der Waals surface area contributed by atoms with Crippen LogP contribution in [0.4, 0.5) is 11.4 Å². The Hall–Kier alpha value is -3.85. The number of likely N-dealkylation sites (N-methyl/N-ethyl adjacent to an activating group) is 1. The van der Waals surface area contributed by atoms with Gasteiger partial charge in [-0.3, -0.25) is 24.7 Å². The summed E-state index contributed by atoms with van der Waals surface area (Å²) in [6.45, 7) is 14.8. The molecule has 9 heteroatoms. The number of nitrogens with one attached hydrogen (secondary N) is 4. The molecule has 2 amide bonds. The largest absolute Gasteiger partial charge is 0.324 e. The Kier molecular flexibility index (Phi) is 8.71. The van der Waals surface area contributed by atoms with Gasteiger partial charge in [0.15, 0.2) is 0 Å². The Bertz CT molecular complexity index is 1270. The zero-order valence-electron chi connectivity index (χ0n) is 22.0. The van der Waals surface area contributed by atoms with Crippen molar-refractivity contribution < 1.29 is 9.59 Å². The van der Waals surface area contributed by atoms with E-state index < -0.39 is 0 Å². The SMILES string of the molecule is CCNCC(=O)Nc1cnc(C)c(NC(=O)c2cnc(C)c(/C=C(/c3c(C)n[nH]c3C)C(C)C)c2)c1. The van der Waals surface area contributed by atoms with E-state index in [0.29, 0.717) is 29.2 Å². The van der Waals surface area contributed by atoms with Crippen molar-refractivity contribution in [2.75, 3.05) is 23.7 Å². The molecule has 0 aliphatic rings. The molecule has 36 heavy (non-hydrogen) atoms. The minimum atomic E-state index is -0.306.